The third-order valence-corrected chi connectivity index (χ3v) is 6.14. The second kappa shape index (κ2) is 10.8. The van der Waals surface area contributed by atoms with E-state index in [4.69, 9.17) is 9.47 Å². The van der Waals surface area contributed by atoms with Gasteiger partial charge in [0, 0.05) is 31.7 Å². The molecule has 2 heterocycles. The van der Waals surface area contributed by atoms with Gasteiger partial charge in [-0.2, -0.15) is 0 Å². The molecule has 1 atom stereocenters. The lowest BCUT2D eigenvalue weighted by molar-refractivity contribution is -0.140. The van der Waals surface area contributed by atoms with Crippen molar-refractivity contribution in [3.05, 3.63) is 71.0 Å². The molecule has 0 unspecified atom stereocenters. The van der Waals surface area contributed by atoms with Crippen molar-refractivity contribution in [3.8, 4) is 5.75 Å². The predicted octanol–water partition coefficient (Wildman–Crippen LogP) is 3.37. The average molecular weight is 469 g/mol. The molecule has 0 spiro atoms. The summed E-state index contributed by atoms with van der Waals surface area (Å²) < 4.78 is 24.3. The highest BCUT2D eigenvalue weighted by atomic mass is 19.1. The normalized spacial score (nSPS) is 20.6. The van der Waals surface area contributed by atoms with E-state index >= 15 is 0 Å². The number of ketones is 1. The number of amides is 1. The fraction of sp³-hybridized carbons (Fsp3) is 0.385. The SMILES string of the molecule is CCOc1ccc([C@H]2C(=C(O)c3ccc(F)cc3)C(=O)C(=O)N2CCCN2CCOCC2)cc1. The minimum Gasteiger partial charge on any atom is -0.507 e. The van der Waals surface area contributed by atoms with Crippen molar-refractivity contribution in [2.75, 3.05) is 46.0 Å². The highest BCUT2D eigenvalue weighted by Crippen LogP contribution is 2.40. The molecule has 180 valence electrons. The largest absolute Gasteiger partial charge is 0.507 e. The number of benzene rings is 2. The summed E-state index contributed by atoms with van der Waals surface area (Å²) in [6.07, 6.45) is 0.678. The maximum Gasteiger partial charge on any atom is 0.295 e. The summed E-state index contributed by atoms with van der Waals surface area (Å²) in [5.41, 5.74) is 0.980. The van der Waals surface area contributed by atoms with Crippen LogP contribution >= 0.6 is 0 Å². The van der Waals surface area contributed by atoms with Crippen LogP contribution in [0.25, 0.3) is 5.76 Å². The Labute approximate surface area is 198 Å². The number of nitrogens with zero attached hydrogens (tertiary/aromatic N) is 2. The Balaban J connectivity index is 1.66. The minimum absolute atomic E-state index is 0.00661. The predicted molar refractivity (Wildman–Crippen MR) is 125 cm³/mol. The highest BCUT2D eigenvalue weighted by Gasteiger charge is 2.45. The van der Waals surface area contributed by atoms with Crippen molar-refractivity contribution in [3.63, 3.8) is 0 Å². The Morgan fingerprint density at radius 1 is 1.06 bits per heavy atom. The van der Waals surface area contributed by atoms with Crippen LogP contribution in [0.4, 0.5) is 4.39 Å². The molecule has 0 saturated carbocycles. The fourth-order valence-corrected chi connectivity index (χ4v) is 4.42. The number of hydrogen-bond donors (Lipinski definition) is 1. The number of aliphatic hydroxyl groups excluding tert-OH is 1. The van der Waals surface area contributed by atoms with Gasteiger partial charge in [0.1, 0.15) is 17.3 Å². The van der Waals surface area contributed by atoms with E-state index in [0.29, 0.717) is 44.1 Å². The molecule has 2 fully saturated rings. The number of carbonyl (C=O) groups is 2. The van der Waals surface area contributed by atoms with E-state index in [-0.39, 0.29) is 16.9 Å². The van der Waals surface area contributed by atoms with Gasteiger partial charge < -0.3 is 19.5 Å². The van der Waals surface area contributed by atoms with E-state index in [9.17, 15) is 19.1 Å². The van der Waals surface area contributed by atoms with E-state index in [2.05, 4.69) is 4.90 Å². The van der Waals surface area contributed by atoms with Gasteiger partial charge in [-0.05, 0) is 55.3 Å². The molecular formula is C26H29FN2O5. The molecule has 7 nitrogen and oxygen atoms in total. The zero-order valence-corrected chi connectivity index (χ0v) is 19.2. The molecule has 1 N–H and O–H groups in total. The first-order valence-corrected chi connectivity index (χ1v) is 11.6. The molecule has 8 heteroatoms. The smallest absolute Gasteiger partial charge is 0.295 e. The van der Waals surface area contributed by atoms with Crippen molar-refractivity contribution >= 4 is 17.4 Å². The summed E-state index contributed by atoms with van der Waals surface area (Å²) in [6, 6.07) is 11.6. The number of hydrogen-bond acceptors (Lipinski definition) is 6. The van der Waals surface area contributed by atoms with Crippen molar-refractivity contribution in [1.82, 2.24) is 9.80 Å². The van der Waals surface area contributed by atoms with Crippen molar-refractivity contribution in [2.45, 2.75) is 19.4 Å². The topological polar surface area (TPSA) is 79.3 Å². The van der Waals surface area contributed by atoms with Crippen LogP contribution in [-0.4, -0.2) is 72.6 Å². The molecule has 2 aromatic carbocycles. The van der Waals surface area contributed by atoms with Crippen LogP contribution in [-0.2, 0) is 14.3 Å². The number of aliphatic hydroxyl groups is 1. The first kappa shape index (κ1) is 23.9. The van der Waals surface area contributed by atoms with Crippen molar-refractivity contribution < 1.29 is 28.6 Å². The second-order valence-electron chi connectivity index (χ2n) is 8.31. The Morgan fingerprint density at radius 2 is 1.74 bits per heavy atom. The highest BCUT2D eigenvalue weighted by molar-refractivity contribution is 6.46. The van der Waals surface area contributed by atoms with Gasteiger partial charge >= 0.3 is 0 Å². The van der Waals surface area contributed by atoms with Crippen LogP contribution < -0.4 is 4.74 Å². The first-order chi connectivity index (χ1) is 16.5. The molecule has 2 aliphatic rings. The fourth-order valence-electron chi connectivity index (χ4n) is 4.42. The Hall–Kier alpha value is -3.23. The van der Waals surface area contributed by atoms with Gasteiger partial charge in [0.15, 0.2) is 0 Å². The number of rotatable bonds is 8. The van der Waals surface area contributed by atoms with Gasteiger partial charge in [0.05, 0.1) is 31.4 Å². The molecule has 0 aliphatic carbocycles. The van der Waals surface area contributed by atoms with E-state index in [0.717, 1.165) is 19.6 Å². The standard InChI is InChI=1S/C26H29FN2O5/c1-2-34-21-10-6-18(7-11-21)23-22(24(30)19-4-8-20(27)9-5-19)25(31)26(32)29(23)13-3-12-28-14-16-33-17-15-28/h4-11,23,30H,2-3,12-17H2,1H3/t23-/m0/s1. The lowest BCUT2D eigenvalue weighted by Crippen LogP contribution is -2.38. The van der Waals surface area contributed by atoms with Crippen LogP contribution in [0.5, 0.6) is 5.75 Å². The number of morpholine rings is 1. The van der Waals surface area contributed by atoms with Crippen LogP contribution in [0.3, 0.4) is 0 Å². The van der Waals surface area contributed by atoms with Crippen molar-refractivity contribution in [1.29, 1.82) is 0 Å². The molecule has 4 rings (SSSR count). The van der Waals surface area contributed by atoms with Crippen LogP contribution in [0.1, 0.15) is 30.5 Å². The Kier molecular flexibility index (Phi) is 7.59. The van der Waals surface area contributed by atoms with Gasteiger partial charge in [-0.25, -0.2) is 4.39 Å². The monoisotopic (exact) mass is 468 g/mol. The summed E-state index contributed by atoms with van der Waals surface area (Å²) in [4.78, 5) is 29.9. The molecule has 2 aromatic rings. The quantitative estimate of drug-likeness (QED) is 0.364. The van der Waals surface area contributed by atoms with Crippen molar-refractivity contribution in [2.24, 2.45) is 0 Å². The summed E-state index contributed by atoms with van der Waals surface area (Å²) in [5.74, 6) is -1.48. The number of likely N-dealkylation sites (tertiary alicyclic amines) is 1. The summed E-state index contributed by atoms with van der Waals surface area (Å²) >= 11 is 0. The molecule has 1 amide bonds. The lowest BCUT2D eigenvalue weighted by Gasteiger charge is -2.29. The minimum atomic E-state index is -0.745. The second-order valence-corrected chi connectivity index (χ2v) is 8.31. The summed E-state index contributed by atoms with van der Waals surface area (Å²) in [6.45, 7) is 6.60. The van der Waals surface area contributed by atoms with E-state index < -0.39 is 23.5 Å². The molecule has 0 bridgehead atoms. The summed E-state index contributed by atoms with van der Waals surface area (Å²) in [7, 11) is 0. The Morgan fingerprint density at radius 3 is 2.38 bits per heavy atom. The van der Waals surface area contributed by atoms with Gasteiger partial charge in [-0.3, -0.25) is 14.5 Å². The molecule has 0 aromatic heterocycles. The number of carbonyl (C=O) groups excluding carboxylic acids is 2. The zero-order chi connectivity index (χ0) is 24.1. The van der Waals surface area contributed by atoms with E-state index in [1.807, 2.05) is 6.92 Å². The van der Waals surface area contributed by atoms with E-state index in [1.54, 1.807) is 24.3 Å². The van der Waals surface area contributed by atoms with Crippen LogP contribution in [0.2, 0.25) is 0 Å². The maximum absolute atomic E-state index is 13.4. The van der Waals surface area contributed by atoms with Crippen LogP contribution in [0, 0.1) is 5.82 Å². The van der Waals surface area contributed by atoms with Gasteiger partial charge in [0.25, 0.3) is 11.7 Å². The molecule has 2 aliphatic heterocycles. The number of Topliss-reactive ketones (excluding diaryl/α,β-unsaturated/α-hetero) is 1. The maximum atomic E-state index is 13.4. The number of halogens is 1. The van der Waals surface area contributed by atoms with Crippen LogP contribution in [0.15, 0.2) is 54.1 Å². The third-order valence-electron chi connectivity index (χ3n) is 6.14. The molecule has 0 radical (unpaired) electrons. The lowest BCUT2D eigenvalue weighted by atomic mass is 9.95. The number of ether oxygens (including phenoxy) is 2. The van der Waals surface area contributed by atoms with Gasteiger partial charge in [0.2, 0.25) is 0 Å². The average Bonchev–Trinajstić information content (AvgIpc) is 3.10. The van der Waals surface area contributed by atoms with Gasteiger partial charge in [-0.1, -0.05) is 12.1 Å². The molecule has 2 saturated heterocycles. The molecule has 34 heavy (non-hydrogen) atoms. The van der Waals surface area contributed by atoms with E-state index in [1.165, 1.54) is 29.2 Å². The first-order valence-electron chi connectivity index (χ1n) is 11.6. The molecular weight excluding hydrogens is 439 g/mol. The Bertz CT molecular complexity index is 1050. The third kappa shape index (κ3) is 5.13. The summed E-state index contributed by atoms with van der Waals surface area (Å²) in [5, 5.41) is 11.0. The van der Waals surface area contributed by atoms with Gasteiger partial charge in [-0.15, -0.1) is 0 Å². The zero-order valence-electron chi connectivity index (χ0n) is 19.2.